The first-order chi connectivity index (χ1) is 11.2. The van der Waals surface area contributed by atoms with E-state index in [2.05, 4.69) is 32.9 Å². The molecule has 0 atom stereocenters. The van der Waals surface area contributed by atoms with Gasteiger partial charge in [0.25, 0.3) is 0 Å². The summed E-state index contributed by atoms with van der Waals surface area (Å²) in [6.45, 7) is 11.0. The highest BCUT2D eigenvalue weighted by atomic mass is 28.4. The zero-order valence-electron chi connectivity index (χ0n) is 16.1. The van der Waals surface area contributed by atoms with E-state index in [1.807, 2.05) is 6.92 Å². The molecule has 0 bridgehead atoms. The van der Waals surface area contributed by atoms with Crippen LogP contribution in [0.4, 0.5) is 0 Å². The van der Waals surface area contributed by atoms with E-state index in [4.69, 9.17) is 13.3 Å². The summed E-state index contributed by atoms with van der Waals surface area (Å²) >= 11 is 0. The van der Waals surface area contributed by atoms with Gasteiger partial charge in [-0.15, -0.1) is 0 Å². The molecule has 0 N–H and O–H groups in total. The van der Waals surface area contributed by atoms with Crippen molar-refractivity contribution in [3.8, 4) is 0 Å². The zero-order valence-corrected chi connectivity index (χ0v) is 17.1. The van der Waals surface area contributed by atoms with Crippen molar-refractivity contribution in [1.82, 2.24) is 0 Å². The van der Waals surface area contributed by atoms with E-state index in [0.717, 1.165) is 45.1 Å². The van der Waals surface area contributed by atoms with Crippen LogP contribution in [0.3, 0.4) is 0 Å². The minimum Gasteiger partial charge on any atom is -0.373 e. The summed E-state index contributed by atoms with van der Waals surface area (Å²) in [4.78, 5) is 0. The summed E-state index contributed by atoms with van der Waals surface area (Å²) in [7, 11) is -2.55. The maximum absolute atomic E-state index is 6.24. The largest absolute Gasteiger partial charge is 0.504 e. The Balaban J connectivity index is 4.58. The molecule has 0 aliphatic heterocycles. The summed E-state index contributed by atoms with van der Waals surface area (Å²) in [5, 5.41) is 0. The lowest BCUT2D eigenvalue weighted by Gasteiger charge is -2.29. The molecular formula is C19H40O3Si. The molecule has 0 spiro atoms. The Kier molecular flexibility index (Phi) is 16.6. The van der Waals surface area contributed by atoms with Crippen molar-refractivity contribution >= 4 is 8.80 Å². The monoisotopic (exact) mass is 344 g/mol. The molecule has 0 fully saturated rings. The van der Waals surface area contributed by atoms with Crippen molar-refractivity contribution in [2.75, 3.05) is 19.8 Å². The average Bonchev–Trinajstić information content (AvgIpc) is 2.57. The van der Waals surface area contributed by atoms with Gasteiger partial charge in [-0.1, -0.05) is 71.4 Å². The van der Waals surface area contributed by atoms with E-state index in [0.29, 0.717) is 0 Å². The molecule has 0 saturated carbocycles. The maximum Gasteiger partial charge on any atom is 0.504 e. The fourth-order valence-corrected chi connectivity index (χ4v) is 4.80. The Labute approximate surface area is 146 Å². The van der Waals surface area contributed by atoms with Crippen LogP contribution < -0.4 is 0 Å². The number of unbranched alkanes of at least 4 members (excludes halogenated alkanes) is 6. The minimum atomic E-state index is -2.55. The van der Waals surface area contributed by atoms with Gasteiger partial charge >= 0.3 is 8.80 Å². The summed E-state index contributed by atoms with van der Waals surface area (Å²) in [6, 6.07) is 0.799. The van der Waals surface area contributed by atoms with Gasteiger partial charge in [-0.2, -0.15) is 0 Å². The molecule has 0 aromatic heterocycles. The standard InChI is InChI=1S/C19H40O3Si/c1-5-9-13-16-20-23(19-12-8-4,21-17-14-10-6-2)22-18-15-11-7-3/h8,12H,5-7,9-11,13-19H2,1-4H3/b12-8+. The van der Waals surface area contributed by atoms with Crippen LogP contribution in [0.15, 0.2) is 12.2 Å². The van der Waals surface area contributed by atoms with Crippen molar-refractivity contribution in [1.29, 1.82) is 0 Å². The summed E-state index contributed by atoms with van der Waals surface area (Å²) < 4.78 is 18.7. The second-order valence-corrected chi connectivity index (χ2v) is 8.76. The number of hydrogen-bond acceptors (Lipinski definition) is 3. The smallest absolute Gasteiger partial charge is 0.373 e. The number of rotatable bonds is 17. The van der Waals surface area contributed by atoms with E-state index in [-0.39, 0.29) is 0 Å². The molecule has 0 heterocycles. The Hall–Kier alpha value is -0.163. The molecule has 138 valence electrons. The Morgan fingerprint density at radius 2 is 1.04 bits per heavy atom. The van der Waals surface area contributed by atoms with Gasteiger partial charge in [-0.25, -0.2) is 0 Å². The third-order valence-electron chi connectivity index (χ3n) is 3.81. The molecule has 3 nitrogen and oxygen atoms in total. The average molecular weight is 345 g/mol. The van der Waals surface area contributed by atoms with Crippen LogP contribution in [-0.4, -0.2) is 28.6 Å². The minimum absolute atomic E-state index is 0.763. The summed E-state index contributed by atoms with van der Waals surface area (Å²) in [6.07, 6.45) is 14.8. The molecule has 0 radical (unpaired) electrons. The van der Waals surface area contributed by atoms with Crippen molar-refractivity contribution < 1.29 is 13.3 Å². The van der Waals surface area contributed by atoms with E-state index in [1.165, 1.54) is 38.5 Å². The Morgan fingerprint density at radius 1 is 0.652 bits per heavy atom. The third kappa shape index (κ3) is 12.9. The van der Waals surface area contributed by atoms with Crippen LogP contribution in [0.1, 0.15) is 85.5 Å². The molecular weight excluding hydrogens is 304 g/mol. The molecule has 0 aromatic rings. The molecule has 23 heavy (non-hydrogen) atoms. The lowest BCUT2D eigenvalue weighted by molar-refractivity contribution is 0.0581. The highest BCUT2D eigenvalue weighted by Gasteiger charge is 2.39. The van der Waals surface area contributed by atoms with Crippen LogP contribution in [0, 0.1) is 0 Å². The lowest BCUT2D eigenvalue weighted by atomic mass is 10.3. The van der Waals surface area contributed by atoms with Crippen LogP contribution in [0.25, 0.3) is 0 Å². The molecule has 0 unspecified atom stereocenters. The van der Waals surface area contributed by atoms with Crippen LogP contribution in [-0.2, 0) is 13.3 Å². The molecule has 0 aliphatic carbocycles. The summed E-state index contributed by atoms with van der Waals surface area (Å²) in [5.74, 6) is 0. The maximum atomic E-state index is 6.24. The Bertz CT molecular complexity index is 238. The van der Waals surface area contributed by atoms with Crippen molar-refractivity contribution in [2.24, 2.45) is 0 Å². The van der Waals surface area contributed by atoms with Gasteiger partial charge < -0.3 is 13.3 Å². The van der Waals surface area contributed by atoms with Crippen LogP contribution in [0.2, 0.25) is 6.04 Å². The van der Waals surface area contributed by atoms with E-state index < -0.39 is 8.80 Å². The first-order valence-corrected chi connectivity index (χ1v) is 11.7. The molecule has 0 aromatic carbocycles. The quantitative estimate of drug-likeness (QED) is 0.181. The molecule has 0 saturated heterocycles. The molecule has 0 rings (SSSR count). The molecule has 4 heteroatoms. The first-order valence-electron chi connectivity index (χ1n) is 9.77. The lowest BCUT2D eigenvalue weighted by Crippen LogP contribution is -2.46. The number of allylic oxidation sites excluding steroid dienone is 2. The fourth-order valence-electron chi connectivity index (χ4n) is 2.30. The van der Waals surface area contributed by atoms with E-state index >= 15 is 0 Å². The zero-order chi connectivity index (χ0) is 17.2. The molecule has 0 amide bonds. The van der Waals surface area contributed by atoms with E-state index in [9.17, 15) is 0 Å². The van der Waals surface area contributed by atoms with Crippen molar-refractivity contribution in [3.63, 3.8) is 0 Å². The summed E-state index contributed by atoms with van der Waals surface area (Å²) in [5.41, 5.74) is 0. The van der Waals surface area contributed by atoms with Gasteiger partial charge in [-0.05, 0) is 26.2 Å². The predicted molar refractivity (Wildman–Crippen MR) is 102 cm³/mol. The Morgan fingerprint density at radius 3 is 1.35 bits per heavy atom. The third-order valence-corrected chi connectivity index (χ3v) is 6.48. The fraction of sp³-hybridized carbons (Fsp3) is 0.895. The molecule has 0 aliphatic rings. The van der Waals surface area contributed by atoms with Crippen LogP contribution in [0.5, 0.6) is 0 Å². The van der Waals surface area contributed by atoms with Crippen molar-refractivity contribution in [3.05, 3.63) is 12.2 Å². The predicted octanol–water partition coefficient (Wildman–Crippen LogP) is 6.12. The highest BCUT2D eigenvalue weighted by Crippen LogP contribution is 2.19. The van der Waals surface area contributed by atoms with Crippen molar-refractivity contribution in [2.45, 2.75) is 91.5 Å². The van der Waals surface area contributed by atoms with Gasteiger partial charge in [-0.3, -0.25) is 0 Å². The highest BCUT2D eigenvalue weighted by molar-refractivity contribution is 6.61. The second-order valence-electron chi connectivity index (χ2n) is 6.12. The topological polar surface area (TPSA) is 27.7 Å². The number of hydrogen-bond donors (Lipinski definition) is 0. The van der Waals surface area contributed by atoms with E-state index in [1.54, 1.807) is 0 Å². The van der Waals surface area contributed by atoms with Gasteiger partial charge in [0.05, 0.1) is 0 Å². The van der Waals surface area contributed by atoms with Crippen LogP contribution >= 0.6 is 0 Å². The van der Waals surface area contributed by atoms with Gasteiger partial charge in [0, 0.05) is 25.9 Å². The van der Waals surface area contributed by atoms with Gasteiger partial charge in [0.1, 0.15) is 0 Å². The van der Waals surface area contributed by atoms with Gasteiger partial charge in [0.2, 0.25) is 0 Å². The SMILES string of the molecule is C/C=C/C[Si](OCCCCC)(OCCCCC)OCCCCC. The normalized spacial score (nSPS) is 12.3. The second kappa shape index (κ2) is 16.7. The van der Waals surface area contributed by atoms with Gasteiger partial charge in [0.15, 0.2) is 0 Å². The first kappa shape index (κ1) is 22.8.